The van der Waals surface area contributed by atoms with E-state index < -0.39 is 11.7 Å². The molecule has 2 aromatic carbocycles. The molecule has 2 aliphatic rings. The van der Waals surface area contributed by atoms with Crippen LogP contribution in [0.5, 0.6) is 5.75 Å². The van der Waals surface area contributed by atoms with Crippen molar-refractivity contribution in [3.05, 3.63) is 77.1 Å². The Bertz CT molecular complexity index is 1310. The van der Waals surface area contributed by atoms with Crippen LogP contribution in [-0.4, -0.2) is 70.7 Å². The van der Waals surface area contributed by atoms with Gasteiger partial charge in [-0.1, -0.05) is 24.3 Å². The molecule has 200 valence electrons. The minimum absolute atomic E-state index is 0.177. The Morgan fingerprint density at radius 2 is 1.68 bits per heavy atom. The third-order valence-electron chi connectivity index (χ3n) is 6.81. The summed E-state index contributed by atoms with van der Waals surface area (Å²) < 4.78 is 45.8. The van der Waals surface area contributed by atoms with Gasteiger partial charge in [-0.05, 0) is 36.8 Å². The highest BCUT2D eigenvalue weighted by Crippen LogP contribution is 2.30. The van der Waals surface area contributed by atoms with Gasteiger partial charge in [0.05, 0.1) is 24.4 Å². The first kappa shape index (κ1) is 25.6. The van der Waals surface area contributed by atoms with Gasteiger partial charge in [-0.2, -0.15) is 18.3 Å². The number of piperazine rings is 1. The maximum Gasteiger partial charge on any atom is 0.416 e. The maximum absolute atomic E-state index is 13.2. The Labute approximate surface area is 218 Å². The number of carbonyl (C=O) groups is 2. The molecule has 0 saturated carbocycles. The van der Waals surface area contributed by atoms with Crippen LogP contribution in [0.15, 0.2) is 54.6 Å². The molecule has 0 aliphatic carbocycles. The Morgan fingerprint density at radius 1 is 0.974 bits per heavy atom. The molecule has 1 aromatic heterocycles. The Kier molecular flexibility index (Phi) is 7.00. The Hall–Kier alpha value is -4.02. The number of rotatable bonds is 6. The van der Waals surface area contributed by atoms with Crippen LogP contribution in [0.1, 0.15) is 39.0 Å². The van der Waals surface area contributed by atoms with Crippen LogP contribution in [0, 0.1) is 0 Å². The number of para-hydroxylation sites is 2. The SMILES string of the molecule is CCOc1ccccc1N1CCN(C(=O)c2cc3n(n2)CCN(Cc2ccc(C(F)(F)F)cc2)C3=O)CC1. The zero-order valence-electron chi connectivity index (χ0n) is 20.9. The number of hydrogen-bond acceptors (Lipinski definition) is 5. The van der Waals surface area contributed by atoms with E-state index in [0.29, 0.717) is 57.1 Å². The van der Waals surface area contributed by atoms with Gasteiger partial charge in [-0.15, -0.1) is 0 Å². The highest BCUT2D eigenvalue weighted by molar-refractivity contribution is 5.98. The van der Waals surface area contributed by atoms with Gasteiger partial charge in [-0.3, -0.25) is 14.3 Å². The summed E-state index contributed by atoms with van der Waals surface area (Å²) in [5.74, 6) is 0.280. The number of fused-ring (bicyclic) bond motifs is 1. The zero-order valence-corrected chi connectivity index (χ0v) is 20.9. The average molecular weight is 528 g/mol. The highest BCUT2D eigenvalue weighted by Gasteiger charge is 2.32. The van der Waals surface area contributed by atoms with Gasteiger partial charge in [0.1, 0.15) is 11.4 Å². The predicted molar refractivity (Wildman–Crippen MR) is 134 cm³/mol. The summed E-state index contributed by atoms with van der Waals surface area (Å²) in [6.07, 6.45) is -4.41. The summed E-state index contributed by atoms with van der Waals surface area (Å²) in [5, 5.41) is 4.39. The topological polar surface area (TPSA) is 70.9 Å². The molecule has 5 rings (SSSR count). The zero-order chi connectivity index (χ0) is 26.9. The van der Waals surface area contributed by atoms with Crippen molar-refractivity contribution < 1.29 is 27.5 Å². The monoisotopic (exact) mass is 527 g/mol. The van der Waals surface area contributed by atoms with Gasteiger partial charge in [0.2, 0.25) is 0 Å². The molecular weight excluding hydrogens is 499 g/mol. The van der Waals surface area contributed by atoms with Gasteiger partial charge in [0, 0.05) is 45.3 Å². The third-order valence-corrected chi connectivity index (χ3v) is 6.81. The van der Waals surface area contributed by atoms with Crippen LogP contribution in [0.3, 0.4) is 0 Å². The quantitative estimate of drug-likeness (QED) is 0.486. The van der Waals surface area contributed by atoms with E-state index >= 15 is 0 Å². The molecule has 0 atom stereocenters. The van der Waals surface area contributed by atoms with Gasteiger partial charge in [-0.25, -0.2) is 0 Å². The van der Waals surface area contributed by atoms with Crippen molar-refractivity contribution >= 4 is 17.5 Å². The minimum atomic E-state index is -4.41. The molecule has 0 radical (unpaired) electrons. The summed E-state index contributed by atoms with van der Waals surface area (Å²) in [6, 6.07) is 14.1. The van der Waals surface area contributed by atoms with Crippen molar-refractivity contribution in [2.75, 3.05) is 44.2 Å². The van der Waals surface area contributed by atoms with Crippen LogP contribution in [0.25, 0.3) is 0 Å². The van der Waals surface area contributed by atoms with Gasteiger partial charge >= 0.3 is 6.18 Å². The smallest absolute Gasteiger partial charge is 0.416 e. The second-order valence-electron chi connectivity index (χ2n) is 9.24. The van der Waals surface area contributed by atoms with Crippen LogP contribution < -0.4 is 9.64 Å². The molecule has 8 nitrogen and oxygen atoms in total. The lowest BCUT2D eigenvalue weighted by Crippen LogP contribution is -2.49. The van der Waals surface area contributed by atoms with Crippen LogP contribution in [0.4, 0.5) is 18.9 Å². The van der Waals surface area contributed by atoms with E-state index in [1.54, 1.807) is 9.80 Å². The highest BCUT2D eigenvalue weighted by atomic mass is 19.4. The Balaban J connectivity index is 1.22. The molecule has 11 heteroatoms. The van der Waals surface area contributed by atoms with Crippen molar-refractivity contribution in [3.63, 3.8) is 0 Å². The number of carbonyl (C=O) groups excluding carboxylic acids is 2. The number of nitrogens with zero attached hydrogens (tertiary/aromatic N) is 5. The number of benzene rings is 2. The van der Waals surface area contributed by atoms with E-state index in [9.17, 15) is 22.8 Å². The normalized spacial score (nSPS) is 16.0. The van der Waals surface area contributed by atoms with E-state index in [2.05, 4.69) is 10.00 Å². The standard InChI is InChI=1S/C27H28F3N5O3/c1-2-38-24-6-4-3-5-22(24)32-11-13-33(14-12-32)25(36)21-17-23-26(37)34(15-16-35(23)31-21)18-19-7-9-20(10-8-19)27(28,29)30/h3-10,17H,2,11-16,18H2,1H3. The lowest BCUT2D eigenvalue weighted by molar-refractivity contribution is -0.137. The number of amides is 2. The molecule has 1 fully saturated rings. The molecule has 38 heavy (non-hydrogen) atoms. The fraction of sp³-hybridized carbons (Fsp3) is 0.370. The lowest BCUT2D eigenvalue weighted by atomic mass is 10.1. The number of hydrogen-bond donors (Lipinski definition) is 0. The number of ether oxygens (including phenoxy) is 1. The minimum Gasteiger partial charge on any atom is -0.492 e. The lowest BCUT2D eigenvalue weighted by Gasteiger charge is -2.36. The number of alkyl halides is 3. The first-order chi connectivity index (χ1) is 18.2. The maximum atomic E-state index is 13.2. The molecule has 2 amide bonds. The predicted octanol–water partition coefficient (Wildman–Crippen LogP) is 3.92. The van der Waals surface area contributed by atoms with Gasteiger partial charge in [0.25, 0.3) is 11.8 Å². The van der Waals surface area contributed by atoms with E-state index in [0.717, 1.165) is 23.6 Å². The summed E-state index contributed by atoms with van der Waals surface area (Å²) in [4.78, 5) is 31.8. The van der Waals surface area contributed by atoms with Crippen LogP contribution >= 0.6 is 0 Å². The fourth-order valence-corrected chi connectivity index (χ4v) is 4.82. The Morgan fingerprint density at radius 3 is 2.37 bits per heavy atom. The second kappa shape index (κ2) is 10.4. The van der Waals surface area contributed by atoms with E-state index in [1.807, 2.05) is 31.2 Å². The summed E-state index contributed by atoms with van der Waals surface area (Å²) in [5.41, 5.74) is 1.38. The number of halogens is 3. The summed E-state index contributed by atoms with van der Waals surface area (Å²) >= 11 is 0. The number of aromatic nitrogens is 2. The van der Waals surface area contributed by atoms with E-state index in [4.69, 9.17) is 4.74 Å². The van der Waals surface area contributed by atoms with Crippen molar-refractivity contribution in [1.82, 2.24) is 19.6 Å². The molecule has 0 spiro atoms. The number of anilines is 1. The first-order valence-electron chi connectivity index (χ1n) is 12.5. The van der Waals surface area contributed by atoms with Gasteiger partial charge in [0.15, 0.2) is 5.69 Å². The summed E-state index contributed by atoms with van der Waals surface area (Å²) in [7, 11) is 0. The van der Waals surface area contributed by atoms with Gasteiger partial charge < -0.3 is 19.4 Å². The molecule has 1 saturated heterocycles. The molecule has 3 heterocycles. The fourth-order valence-electron chi connectivity index (χ4n) is 4.82. The molecular formula is C27H28F3N5O3. The van der Waals surface area contributed by atoms with Crippen LogP contribution in [-0.2, 0) is 19.3 Å². The molecule has 2 aliphatic heterocycles. The van der Waals surface area contributed by atoms with E-state index in [-0.39, 0.29) is 24.1 Å². The third kappa shape index (κ3) is 5.18. The van der Waals surface area contributed by atoms with Crippen molar-refractivity contribution in [1.29, 1.82) is 0 Å². The molecule has 0 bridgehead atoms. The van der Waals surface area contributed by atoms with E-state index in [1.165, 1.54) is 22.9 Å². The molecule has 0 unspecified atom stereocenters. The average Bonchev–Trinajstić information content (AvgIpc) is 3.36. The summed E-state index contributed by atoms with van der Waals surface area (Å²) in [6.45, 7) is 5.74. The second-order valence-corrected chi connectivity index (χ2v) is 9.24. The molecule has 3 aromatic rings. The largest absolute Gasteiger partial charge is 0.492 e. The van der Waals surface area contributed by atoms with Crippen LogP contribution in [0.2, 0.25) is 0 Å². The van der Waals surface area contributed by atoms with Crippen molar-refractivity contribution in [3.8, 4) is 5.75 Å². The van der Waals surface area contributed by atoms with Crippen molar-refractivity contribution in [2.24, 2.45) is 0 Å². The van der Waals surface area contributed by atoms with Crippen molar-refractivity contribution in [2.45, 2.75) is 26.2 Å². The molecule has 0 N–H and O–H groups in total. The first-order valence-corrected chi connectivity index (χ1v) is 12.5.